The minimum absolute atomic E-state index is 0.184. The van der Waals surface area contributed by atoms with Crippen LogP contribution in [0.3, 0.4) is 0 Å². The average molecular weight is 288 g/mol. The SMILES string of the molecule is CC(C)N1CC2CCC(C1)N2C(=O)N1CC2(CC2C#N)C1. The van der Waals surface area contributed by atoms with Crippen LogP contribution < -0.4 is 0 Å². The Morgan fingerprint density at radius 1 is 1.24 bits per heavy atom. The summed E-state index contributed by atoms with van der Waals surface area (Å²) in [6.07, 6.45) is 3.31. The Hall–Kier alpha value is -1.28. The Labute approximate surface area is 126 Å². The van der Waals surface area contributed by atoms with Gasteiger partial charge in [-0.2, -0.15) is 5.26 Å². The molecule has 0 aromatic rings. The van der Waals surface area contributed by atoms with Crippen molar-refractivity contribution in [1.82, 2.24) is 14.7 Å². The number of hydrogen-bond acceptors (Lipinski definition) is 3. The number of piperazine rings is 1. The molecule has 21 heavy (non-hydrogen) atoms. The molecule has 0 aromatic heterocycles. The third kappa shape index (κ3) is 1.88. The number of hydrogen-bond donors (Lipinski definition) is 0. The molecule has 3 unspecified atom stereocenters. The summed E-state index contributed by atoms with van der Waals surface area (Å²) in [6, 6.07) is 3.97. The molecule has 3 atom stereocenters. The normalized spacial score (nSPS) is 36.8. The van der Waals surface area contributed by atoms with Crippen LogP contribution in [-0.4, -0.2) is 65.0 Å². The van der Waals surface area contributed by atoms with Crippen LogP contribution in [0.1, 0.15) is 33.1 Å². The van der Waals surface area contributed by atoms with E-state index in [9.17, 15) is 4.79 Å². The summed E-state index contributed by atoms with van der Waals surface area (Å²) in [5, 5.41) is 8.99. The van der Waals surface area contributed by atoms with Crippen molar-refractivity contribution >= 4 is 6.03 Å². The molecule has 5 heteroatoms. The molecular weight excluding hydrogens is 264 g/mol. The number of amides is 2. The van der Waals surface area contributed by atoms with Gasteiger partial charge in [0.05, 0.1) is 12.0 Å². The van der Waals surface area contributed by atoms with Crippen molar-refractivity contribution in [2.75, 3.05) is 26.2 Å². The molecule has 0 radical (unpaired) electrons. The van der Waals surface area contributed by atoms with Crippen LogP contribution in [0, 0.1) is 22.7 Å². The lowest BCUT2D eigenvalue weighted by Crippen LogP contribution is -2.64. The number of urea groups is 1. The van der Waals surface area contributed by atoms with Gasteiger partial charge in [-0.05, 0) is 33.1 Å². The summed E-state index contributed by atoms with van der Waals surface area (Å²) in [5.74, 6) is 0.205. The van der Waals surface area contributed by atoms with Crippen molar-refractivity contribution in [3.05, 3.63) is 0 Å². The van der Waals surface area contributed by atoms with Gasteiger partial charge in [-0.25, -0.2) is 4.79 Å². The van der Waals surface area contributed by atoms with Crippen molar-refractivity contribution in [1.29, 1.82) is 5.26 Å². The molecule has 2 bridgehead atoms. The Morgan fingerprint density at radius 2 is 1.86 bits per heavy atom. The van der Waals surface area contributed by atoms with Crippen molar-refractivity contribution in [2.45, 2.75) is 51.2 Å². The third-order valence-electron chi connectivity index (χ3n) is 6.09. The fourth-order valence-corrected chi connectivity index (χ4v) is 4.56. The van der Waals surface area contributed by atoms with E-state index in [1.165, 1.54) is 0 Å². The van der Waals surface area contributed by atoms with Gasteiger partial charge in [0, 0.05) is 49.7 Å². The summed E-state index contributed by atoms with van der Waals surface area (Å²) in [4.78, 5) is 19.4. The molecule has 2 amide bonds. The third-order valence-corrected chi connectivity index (χ3v) is 6.09. The van der Waals surface area contributed by atoms with Gasteiger partial charge in [0.2, 0.25) is 0 Å². The zero-order valence-electron chi connectivity index (χ0n) is 13.0. The summed E-state index contributed by atoms with van der Waals surface area (Å²) in [7, 11) is 0. The van der Waals surface area contributed by atoms with Crippen LogP contribution in [0.4, 0.5) is 4.79 Å². The zero-order chi connectivity index (χ0) is 14.8. The lowest BCUT2D eigenvalue weighted by atomic mass is 9.94. The summed E-state index contributed by atoms with van der Waals surface area (Å²) < 4.78 is 0. The summed E-state index contributed by atoms with van der Waals surface area (Å²) in [6.45, 7) is 8.16. The topological polar surface area (TPSA) is 50.6 Å². The first-order chi connectivity index (χ1) is 10.0. The number of carbonyl (C=O) groups is 1. The van der Waals surface area contributed by atoms with Crippen LogP contribution in [0.15, 0.2) is 0 Å². The van der Waals surface area contributed by atoms with Crippen LogP contribution in [0.5, 0.6) is 0 Å². The van der Waals surface area contributed by atoms with Gasteiger partial charge in [-0.3, -0.25) is 4.90 Å². The maximum Gasteiger partial charge on any atom is 0.320 e. The van der Waals surface area contributed by atoms with E-state index >= 15 is 0 Å². The Kier molecular flexibility index (Phi) is 2.78. The quantitative estimate of drug-likeness (QED) is 0.735. The van der Waals surface area contributed by atoms with Crippen LogP contribution in [-0.2, 0) is 0 Å². The predicted octanol–water partition coefficient (Wildman–Crippen LogP) is 1.51. The van der Waals surface area contributed by atoms with Crippen molar-refractivity contribution in [3.8, 4) is 6.07 Å². The predicted molar refractivity (Wildman–Crippen MR) is 78.5 cm³/mol. The van der Waals surface area contributed by atoms with Crippen molar-refractivity contribution in [3.63, 3.8) is 0 Å². The molecule has 0 N–H and O–H groups in total. The fourth-order valence-electron chi connectivity index (χ4n) is 4.56. The monoisotopic (exact) mass is 288 g/mol. The van der Waals surface area contributed by atoms with Crippen LogP contribution >= 0.6 is 0 Å². The molecular formula is C16H24N4O. The highest BCUT2D eigenvalue weighted by Crippen LogP contribution is 2.58. The molecule has 1 aliphatic carbocycles. The first-order valence-corrected chi connectivity index (χ1v) is 8.25. The number of likely N-dealkylation sites (tertiary alicyclic amines) is 2. The average Bonchev–Trinajstić information content (AvgIpc) is 3.10. The molecule has 4 rings (SSSR count). The molecule has 4 aliphatic rings. The van der Waals surface area contributed by atoms with E-state index in [0.717, 1.165) is 45.4 Å². The second-order valence-electron chi connectivity index (χ2n) is 7.73. The zero-order valence-corrected chi connectivity index (χ0v) is 13.0. The largest absolute Gasteiger partial charge is 0.323 e. The van der Waals surface area contributed by atoms with Crippen molar-refractivity contribution < 1.29 is 4.79 Å². The standard InChI is InChI=1S/C16H24N4O/c1-11(2)18-7-13-3-4-14(8-18)20(13)15(21)19-9-16(10-19)5-12(16)6-17/h11-14H,3-5,7-10H2,1-2H3. The lowest BCUT2D eigenvalue weighted by molar-refractivity contribution is 0.0269. The second kappa shape index (κ2) is 4.36. The number of nitrogens with zero attached hydrogens (tertiary/aromatic N) is 4. The second-order valence-corrected chi connectivity index (χ2v) is 7.73. The number of fused-ring (bicyclic) bond motifs is 2. The van der Waals surface area contributed by atoms with Gasteiger partial charge in [-0.1, -0.05) is 0 Å². The van der Waals surface area contributed by atoms with Crippen molar-refractivity contribution in [2.24, 2.45) is 11.3 Å². The van der Waals surface area contributed by atoms with Gasteiger partial charge < -0.3 is 9.80 Å². The Bertz CT molecular complexity index is 491. The minimum atomic E-state index is 0.184. The van der Waals surface area contributed by atoms with E-state index in [1.54, 1.807) is 0 Å². The van der Waals surface area contributed by atoms with Gasteiger partial charge in [0.1, 0.15) is 0 Å². The number of carbonyl (C=O) groups excluding carboxylic acids is 1. The highest BCUT2D eigenvalue weighted by Gasteiger charge is 2.63. The first kappa shape index (κ1) is 13.4. The summed E-state index contributed by atoms with van der Waals surface area (Å²) >= 11 is 0. The lowest BCUT2D eigenvalue weighted by Gasteiger charge is -2.48. The van der Waals surface area contributed by atoms with Gasteiger partial charge in [-0.15, -0.1) is 0 Å². The van der Waals surface area contributed by atoms with Gasteiger partial charge in [0.25, 0.3) is 0 Å². The molecule has 114 valence electrons. The summed E-state index contributed by atoms with van der Waals surface area (Å²) in [5.41, 5.74) is 0.184. The first-order valence-electron chi connectivity index (χ1n) is 8.25. The molecule has 3 saturated heterocycles. The number of nitriles is 1. The van der Waals surface area contributed by atoms with E-state index in [1.807, 2.05) is 4.90 Å². The fraction of sp³-hybridized carbons (Fsp3) is 0.875. The molecule has 5 nitrogen and oxygen atoms in total. The highest BCUT2D eigenvalue weighted by atomic mass is 16.2. The maximum atomic E-state index is 12.8. The van der Waals surface area contributed by atoms with E-state index in [2.05, 4.69) is 29.7 Å². The maximum absolute atomic E-state index is 12.8. The number of rotatable bonds is 1. The highest BCUT2D eigenvalue weighted by molar-refractivity contribution is 5.77. The van der Waals surface area contributed by atoms with E-state index in [-0.39, 0.29) is 17.4 Å². The molecule has 1 spiro atoms. The molecule has 1 saturated carbocycles. The molecule has 3 aliphatic heterocycles. The minimum Gasteiger partial charge on any atom is -0.323 e. The van der Waals surface area contributed by atoms with E-state index in [0.29, 0.717) is 18.1 Å². The molecule has 0 aromatic carbocycles. The Morgan fingerprint density at radius 3 is 2.33 bits per heavy atom. The van der Waals surface area contributed by atoms with E-state index < -0.39 is 0 Å². The van der Waals surface area contributed by atoms with Gasteiger partial charge >= 0.3 is 6.03 Å². The molecule has 3 heterocycles. The van der Waals surface area contributed by atoms with Crippen LogP contribution in [0.25, 0.3) is 0 Å². The van der Waals surface area contributed by atoms with Crippen LogP contribution in [0.2, 0.25) is 0 Å². The smallest absolute Gasteiger partial charge is 0.320 e. The molecule has 4 fully saturated rings. The Balaban J connectivity index is 1.40. The van der Waals surface area contributed by atoms with Gasteiger partial charge in [0.15, 0.2) is 0 Å². The van der Waals surface area contributed by atoms with E-state index in [4.69, 9.17) is 5.26 Å².